The number of hydrogen-bond donors (Lipinski definition) is 1. The molecule has 0 fully saturated rings. The van der Waals surface area contributed by atoms with Gasteiger partial charge in [0.2, 0.25) is 5.89 Å². The summed E-state index contributed by atoms with van der Waals surface area (Å²) in [4.78, 5) is 1.06. The number of thiophene rings is 1. The minimum Gasteiger partial charge on any atom is -0.419 e. The molecule has 0 aliphatic carbocycles. The van der Waals surface area contributed by atoms with Gasteiger partial charge in [0.25, 0.3) is 5.89 Å². The van der Waals surface area contributed by atoms with Crippen LogP contribution < -0.4 is 5.32 Å². The molecule has 0 unspecified atom stereocenters. The van der Waals surface area contributed by atoms with Gasteiger partial charge in [-0.3, -0.25) is 0 Å². The van der Waals surface area contributed by atoms with Crippen LogP contribution in [0.2, 0.25) is 0 Å². The Kier molecular flexibility index (Phi) is 3.69. The maximum absolute atomic E-state index is 5.58. The molecule has 2 aromatic rings. The van der Waals surface area contributed by atoms with Crippen LogP contribution in [0.3, 0.4) is 0 Å². The van der Waals surface area contributed by atoms with Crippen molar-refractivity contribution < 1.29 is 4.42 Å². The Balaban J connectivity index is 2.05. The van der Waals surface area contributed by atoms with Crippen molar-refractivity contribution in [3.05, 3.63) is 22.9 Å². The summed E-state index contributed by atoms with van der Waals surface area (Å²) in [5, 5.41) is 13.3. The summed E-state index contributed by atoms with van der Waals surface area (Å²) in [5.41, 5.74) is 1.18. The van der Waals surface area contributed by atoms with Gasteiger partial charge in [0.05, 0.1) is 11.4 Å². The highest BCUT2D eigenvalue weighted by molar-refractivity contribution is 7.13. The lowest BCUT2D eigenvalue weighted by Gasteiger charge is -1.96. The van der Waals surface area contributed by atoms with Gasteiger partial charge >= 0.3 is 0 Å². The molecule has 86 valence electrons. The van der Waals surface area contributed by atoms with E-state index in [-0.39, 0.29) is 0 Å². The molecule has 0 saturated carbocycles. The molecular weight excluding hydrogens is 222 g/mol. The van der Waals surface area contributed by atoms with E-state index in [1.54, 1.807) is 11.3 Å². The molecule has 1 N–H and O–H groups in total. The van der Waals surface area contributed by atoms with Crippen molar-refractivity contribution in [2.75, 3.05) is 6.54 Å². The molecule has 0 aromatic carbocycles. The monoisotopic (exact) mass is 237 g/mol. The molecule has 0 amide bonds. The average molecular weight is 237 g/mol. The second kappa shape index (κ2) is 5.23. The third-order valence-electron chi connectivity index (χ3n) is 2.23. The smallest absolute Gasteiger partial charge is 0.258 e. The number of nitrogens with zero attached hydrogens (tertiary/aromatic N) is 2. The SMILES string of the molecule is CCCNCc1nnc(-c2sccc2C)o1. The largest absolute Gasteiger partial charge is 0.419 e. The van der Waals surface area contributed by atoms with Crippen LogP contribution in [0.4, 0.5) is 0 Å². The molecule has 0 radical (unpaired) electrons. The third kappa shape index (κ3) is 2.48. The Bertz CT molecular complexity index is 450. The van der Waals surface area contributed by atoms with E-state index < -0.39 is 0 Å². The number of nitrogens with one attached hydrogen (secondary N) is 1. The van der Waals surface area contributed by atoms with Gasteiger partial charge in [-0.05, 0) is 36.9 Å². The molecule has 0 aliphatic rings. The van der Waals surface area contributed by atoms with Gasteiger partial charge in [0.15, 0.2) is 0 Å². The molecule has 4 nitrogen and oxygen atoms in total. The Labute approximate surface area is 98.7 Å². The van der Waals surface area contributed by atoms with Gasteiger partial charge in [0, 0.05) is 0 Å². The second-order valence-electron chi connectivity index (χ2n) is 3.61. The first-order valence-electron chi connectivity index (χ1n) is 5.39. The van der Waals surface area contributed by atoms with Crippen molar-refractivity contribution in [1.82, 2.24) is 15.5 Å². The molecule has 0 bridgehead atoms. The van der Waals surface area contributed by atoms with E-state index in [9.17, 15) is 0 Å². The number of rotatable bonds is 5. The van der Waals surface area contributed by atoms with Crippen LogP contribution in [-0.2, 0) is 6.54 Å². The number of aryl methyl sites for hydroxylation is 1. The van der Waals surface area contributed by atoms with Crippen molar-refractivity contribution in [2.24, 2.45) is 0 Å². The lowest BCUT2D eigenvalue weighted by atomic mass is 10.3. The van der Waals surface area contributed by atoms with Crippen molar-refractivity contribution >= 4 is 11.3 Å². The predicted molar refractivity (Wildman–Crippen MR) is 64.3 cm³/mol. The average Bonchev–Trinajstić information content (AvgIpc) is 2.87. The summed E-state index contributed by atoms with van der Waals surface area (Å²) in [6.07, 6.45) is 1.10. The van der Waals surface area contributed by atoms with Crippen LogP contribution in [0.25, 0.3) is 10.8 Å². The van der Waals surface area contributed by atoms with Crippen molar-refractivity contribution in [3.8, 4) is 10.8 Å². The molecule has 2 aromatic heterocycles. The Hall–Kier alpha value is -1.20. The zero-order valence-corrected chi connectivity index (χ0v) is 10.3. The highest BCUT2D eigenvalue weighted by Crippen LogP contribution is 2.27. The molecule has 0 atom stereocenters. The highest BCUT2D eigenvalue weighted by atomic mass is 32.1. The lowest BCUT2D eigenvalue weighted by Crippen LogP contribution is -2.13. The molecule has 16 heavy (non-hydrogen) atoms. The summed E-state index contributed by atoms with van der Waals surface area (Å²) in [6.45, 7) is 5.79. The molecule has 2 rings (SSSR count). The summed E-state index contributed by atoms with van der Waals surface area (Å²) in [7, 11) is 0. The quantitative estimate of drug-likeness (QED) is 0.812. The Morgan fingerprint density at radius 3 is 3.00 bits per heavy atom. The molecule has 5 heteroatoms. The second-order valence-corrected chi connectivity index (χ2v) is 4.53. The van der Waals surface area contributed by atoms with Crippen LogP contribution in [0.5, 0.6) is 0 Å². The van der Waals surface area contributed by atoms with Gasteiger partial charge in [-0.2, -0.15) is 0 Å². The van der Waals surface area contributed by atoms with Gasteiger partial charge in [0.1, 0.15) is 0 Å². The molecule has 2 heterocycles. The summed E-state index contributed by atoms with van der Waals surface area (Å²) in [5.74, 6) is 1.28. The van der Waals surface area contributed by atoms with E-state index in [2.05, 4.69) is 28.5 Å². The van der Waals surface area contributed by atoms with Crippen LogP contribution in [0.15, 0.2) is 15.9 Å². The van der Waals surface area contributed by atoms with E-state index in [0.29, 0.717) is 18.3 Å². The zero-order chi connectivity index (χ0) is 11.4. The van der Waals surface area contributed by atoms with Gasteiger partial charge in [-0.25, -0.2) is 0 Å². The standard InChI is InChI=1S/C11H15N3OS/c1-3-5-12-7-9-13-14-11(15-9)10-8(2)4-6-16-10/h4,6,12H,3,5,7H2,1-2H3. The third-order valence-corrected chi connectivity index (χ3v) is 3.23. The Morgan fingerprint density at radius 1 is 1.44 bits per heavy atom. The molecule has 0 aliphatic heterocycles. The van der Waals surface area contributed by atoms with E-state index in [1.807, 2.05) is 12.3 Å². The minimum absolute atomic E-state index is 0.626. The highest BCUT2D eigenvalue weighted by Gasteiger charge is 2.11. The maximum atomic E-state index is 5.58. The molecular formula is C11H15N3OS. The van der Waals surface area contributed by atoms with Crippen LogP contribution in [0.1, 0.15) is 24.8 Å². The van der Waals surface area contributed by atoms with Crippen molar-refractivity contribution in [1.29, 1.82) is 0 Å². The fourth-order valence-corrected chi connectivity index (χ4v) is 2.23. The Morgan fingerprint density at radius 2 is 2.31 bits per heavy atom. The minimum atomic E-state index is 0.626. The first-order chi connectivity index (χ1) is 7.81. The van der Waals surface area contributed by atoms with E-state index >= 15 is 0 Å². The fourth-order valence-electron chi connectivity index (χ4n) is 1.38. The first kappa shape index (κ1) is 11.3. The van der Waals surface area contributed by atoms with Crippen molar-refractivity contribution in [2.45, 2.75) is 26.8 Å². The summed E-state index contributed by atoms with van der Waals surface area (Å²) >= 11 is 1.63. The van der Waals surface area contributed by atoms with E-state index in [4.69, 9.17) is 4.42 Å². The van der Waals surface area contributed by atoms with Crippen LogP contribution in [-0.4, -0.2) is 16.7 Å². The maximum Gasteiger partial charge on any atom is 0.258 e. The van der Waals surface area contributed by atoms with E-state index in [0.717, 1.165) is 17.8 Å². The normalized spacial score (nSPS) is 10.9. The topological polar surface area (TPSA) is 51.0 Å². The van der Waals surface area contributed by atoms with Crippen LogP contribution >= 0.6 is 11.3 Å². The number of aromatic nitrogens is 2. The van der Waals surface area contributed by atoms with E-state index in [1.165, 1.54) is 5.56 Å². The molecule has 0 spiro atoms. The lowest BCUT2D eigenvalue weighted by molar-refractivity contribution is 0.478. The van der Waals surface area contributed by atoms with Crippen LogP contribution in [0, 0.1) is 6.92 Å². The summed E-state index contributed by atoms with van der Waals surface area (Å²) < 4.78 is 5.58. The zero-order valence-electron chi connectivity index (χ0n) is 9.49. The summed E-state index contributed by atoms with van der Waals surface area (Å²) in [6, 6.07) is 2.05. The van der Waals surface area contributed by atoms with Gasteiger partial charge in [-0.1, -0.05) is 6.92 Å². The molecule has 0 saturated heterocycles. The predicted octanol–water partition coefficient (Wildman–Crippen LogP) is 2.61. The van der Waals surface area contributed by atoms with Gasteiger partial charge in [-0.15, -0.1) is 21.5 Å². The first-order valence-corrected chi connectivity index (χ1v) is 6.26. The number of hydrogen-bond acceptors (Lipinski definition) is 5. The fraction of sp³-hybridized carbons (Fsp3) is 0.455. The van der Waals surface area contributed by atoms with Gasteiger partial charge < -0.3 is 9.73 Å². The van der Waals surface area contributed by atoms with Crippen molar-refractivity contribution in [3.63, 3.8) is 0 Å².